The number of ether oxygens (including phenoxy) is 1. The zero-order valence-electron chi connectivity index (χ0n) is 10.3. The third kappa shape index (κ3) is 1.56. The molecule has 1 aromatic rings. The predicted molar refractivity (Wildman–Crippen MR) is 64.3 cm³/mol. The van der Waals surface area contributed by atoms with E-state index in [1.807, 2.05) is 19.9 Å². The quantitative estimate of drug-likeness (QED) is 0.735. The maximum absolute atomic E-state index is 11.8. The van der Waals surface area contributed by atoms with Crippen LogP contribution in [0.15, 0.2) is 6.07 Å². The number of fused-ring (bicyclic) bond motifs is 5. The Kier molecular flexibility index (Phi) is 2.42. The maximum atomic E-state index is 11.8. The first-order chi connectivity index (χ1) is 8.20. The van der Waals surface area contributed by atoms with Crippen LogP contribution in [0.3, 0.4) is 0 Å². The van der Waals surface area contributed by atoms with Crippen LogP contribution < -0.4 is 0 Å². The Balaban J connectivity index is 2.03. The van der Waals surface area contributed by atoms with Crippen LogP contribution in [0.25, 0.3) is 0 Å². The standard InChI is InChI=1S/C14H17NO2/c1-3-17-14(16)11-7-12-9-4-5-10(6-9)13(12)15-8(11)2/h7,9-10H,3-6H2,1-2H3. The highest BCUT2D eigenvalue weighted by Crippen LogP contribution is 2.52. The van der Waals surface area contributed by atoms with Crippen LogP contribution in [0.5, 0.6) is 0 Å². The van der Waals surface area contributed by atoms with Crippen molar-refractivity contribution in [1.29, 1.82) is 0 Å². The van der Waals surface area contributed by atoms with Crippen LogP contribution in [0.2, 0.25) is 0 Å². The summed E-state index contributed by atoms with van der Waals surface area (Å²) in [6.45, 7) is 4.15. The fraction of sp³-hybridized carbons (Fsp3) is 0.571. The number of nitrogens with zero attached hydrogens (tertiary/aromatic N) is 1. The van der Waals surface area contributed by atoms with Gasteiger partial charge < -0.3 is 4.74 Å². The molecule has 0 aromatic carbocycles. The molecule has 1 saturated carbocycles. The van der Waals surface area contributed by atoms with Gasteiger partial charge in [-0.1, -0.05) is 0 Å². The molecule has 0 amide bonds. The Morgan fingerprint density at radius 2 is 2.24 bits per heavy atom. The molecular formula is C14H17NO2. The van der Waals surface area contributed by atoms with Gasteiger partial charge in [0.15, 0.2) is 0 Å². The van der Waals surface area contributed by atoms with E-state index in [-0.39, 0.29) is 5.97 Å². The molecule has 0 aliphatic heterocycles. The van der Waals surface area contributed by atoms with Crippen molar-refractivity contribution in [3.8, 4) is 0 Å². The van der Waals surface area contributed by atoms with E-state index >= 15 is 0 Å². The summed E-state index contributed by atoms with van der Waals surface area (Å²) in [6.07, 6.45) is 3.75. The monoisotopic (exact) mass is 231 g/mol. The Bertz CT molecular complexity index is 481. The highest BCUT2D eigenvalue weighted by atomic mass is 16.5. The van der Waals surface area contributed by atoms with Crippen LogP contribution >= 0.6 is 0 Å². The SMILES string of the molecule is CCOC(=O)c1cc2c(nc1C)C1CCC2C1. The summed E-state index contributed by atoms with van der Waals surface area (Å²) in [4.78, 5) is 16.4. The van der Waals surface area contributed by atoms with Crippen LogP contribution in [0.1, 0.15) is 65.3 Å². The topological polar surface area (TPSA) is 39.2 Å². The molecule has 0 N–H and O–H groups in total. The summed E-state index contributed by atoms with van der Waals surface area (Å²) in [7, 11) is 0. The largest absolute Gasteiger partial charge is 0.462 e. The molecule has 3 rings (SSSR count). The number of rotatable bonds is 2. The molecule has 17 heavy (non-hydrogen) atoms. The molecule has 2 bridgehead atoms. The second kappa shape index (κ2) is 3.83. The molecule has 2 atom stereocenters. The van der Waals surface area contributed by atoms with Gasteiger partial charge in [-0.05, 0) is 50.7 Å². The molecule has 1 heterocycles. The van der Waals surface area contributed by atoms with Crippen molar-refractivity contribution in [3.05, 3.63) is 28.6 Å². The summed E-state index contributed by atoms with van der Waals surface area (Å²) >= 11 is 0. The fourth-order valence-electron chi connectivity index (χ4n) is 3.22. The zero-order valence-corrected chi connectivity index (χ0v) is 10.3. The lowest BCUT2D eigenvalue weighted by Crippen LogP contribution is -2.11. The molecule has 3 nitrogen and oxygen atoms in total. The molecule has 0 radical (unpaired) electrons. The summed E-state index contributed by atoms with van der Waals surface area (Å²) in [5.41, 5.74) is 4.01. The van der Waals surface area contributed by atoms with Gasteiger partial charge in [0, 0.05) is 11.6 Å². The van der Waals surface area contributed by atoms with E-state index in [1.54, 1.807) is 0 Å². The number of esters is 1. The van der Waals surface area contributed by atoms with Gasteiger partial charge in [0.25, 0.3) is 0 Å². The predicted octanol–water partition coefficient (Wildman–Crippen LogP) is 2.93. The van der Waals surface area contributed by atoms with Gasteiger partial charge in [0.2, 0.25) is 0 Å². The molecule has 1 fully saturated rings. The first-order valence-electron chi connectivity index (χ1n) is 6.39. The molecule has 3 heteroatoms. The first kappa shape index (κ1) is 10.8. The van der Waals surface area contributed by atoms with E-state index < -0.39 is 0 Å². The minimum absolute atomic E-state index is 0.233. The van der Waals surface area contributed by atoms with E-state index in [2.05, 4.69) is 4.98 Å². The van der Waals surface area contributed by atoms with Crippen molar-refractivity contribution in [2.24, 2.45) is 0 Å². The van der Waals surface area contributed by atoms with Crippen LogP contribution in [-0.2, 0) is 4.74 Å². The van der Waals surface area contributed by atoms with Gasteiger partial charge in [0.05, 0.1) is 17.9 Å². The van der Waals surface area contributed by atoms with E-state index in [0.29, 0.717) is 24.0 Å². The lowest BCUT2D eigenvalue weighted by Gasteiger charge is -2.16. The van der Waals surface area contributed by atoms with Gasteiger partial charge in [-0.25, -0.2) is 4.79 Å². The molecule has 0 saturated heterocycles. The van der Waals surface area contributed by atoms with E-state index in [1.165, 1.54) is 30.5 Å². The van der Waals surface area contributed by atoms with Gasteiger partial charge in [-0.2, -0.15) is 0 Å². The van der Waals surface area contributed by atoms with E-state index in [4.69, 9.17) is 4.74 Å². The third-order valence-electron chi connectivity index (χ3n) is 4.03. The van der Waals surface area contributed by atoms with Crippen LogP contribution in [0, 0.1) is 6.92 Å². The smallest absolute Gasteiger partial charge is 0.339 e. The normalized spacial score (nSPS) is 24.8. The molecule has 2 unspecified atom stereocenters. The molecular weight excluding hydrogens is 214 g/mol. The number of aryl methyl sites for hydroxylation is 1. The summed E-state index contributed by atoms with van der Waals surface area (Å²) < 4.78 is 5.07. The van der Waals surface area contributed by atoms with Gasteiger partial charge in [-0.15, -0.1) is 0 Å². The molecule has 1 aromatic heterocycles. The Hall–Kier alpha value is -1.38. The number of hydrogen-bond donors (Lipinski definition) is 0. The van der Waals surface area contributed by atoms with Gasteiger partial charge in [-0.3, -0.25) is 4.98 Å². The number of aromatic nitrogens is 1. The van der Waals surface area contributed by atoms with Gasteiger partial charge >= 0.3 is 5.97 Å². The van der Waals surface area contributed by atoms with Crippen LogP contribution in [0.4, 0.5) is 0 Å². The van der Waals surface area contributed by atoms with Crippen molar-refractivity contribution in [3.63, 3.8) is 0 Å². The lowest BCUT2D eigenvalue weighted by atomic mass is 9.94. The van der Waals surface area contributed by atoms with Crippen LogP contribution in [-0.4, -0.2) is 17.6 Å². The maximum Gasteiger partial charge on any atom is 0.339 e. The highest BCUT2D eigenvalue weighted by molar-refractivity contribution is 5.91. The zero-order chi connectivity index (χ0) is 12.0. The lowest BCUT2D eigenvalue weighted by molar-refractivity contribution is 0.0524. The third-order valence-corrected chi connectivity index (χ3v) is 4.03. The van der Waals surface area contributed by atoms with Gasteiger partial charge in [0.1, 0.15) is 0 Å². The minimum Gasteiger partial charge on any atom is -0.462 e. The van der Waals surface area contributed by atoms with Crippen molar-refractivity contribution < 1.29 is 9.53 Å². The average Bonchev–Trinajstić information content (AvgIpc) is 2.89. The summed E-state index contributed by atoms with van der Waals surface area (Å²) in [5.74, 6) is 1.05. The molecule has 2 aliphatic carbocycles. The number of pyridine rings is 1. The van der Waals surface area contributed by atoms with Crippen molar-refractivity contribution >= 4 is 5.97 Å². The minimum atomic E-state index is -0.233. The number of carbonyl (C=O) groups excluding carboxylic acids is 1. The fourth-order valence-corrected chi connectivity index (χ4v) is 3.22. The second-order valence-electron chi connectivity index (χ2n) is 5.02. The Morgan fingerprint density at radius 3 is 3.00 bits per heavy atom. The highest BCUT2D eigenvalue weighted by Gasteiger charge is 2.38. The van der Waals surface area contributed by atoms with E-state index in [0.717, 1.165) is 5.69 Å². The van der Waals surface area contributed by atoms with E-state index in [9.17, 15) is 4.79 Å². The molecule has 90 valence electrons. The van der Waals surface area contributed by atoms with Crippen molar-refractivity contribution in [1.82, 2.24) is 4.98 Å². The Morgan fingerprint density at radius 1 is 1.47 bits per heavy atom. The Labute approximate surface area is 101 Å². The second-order valence-corrected chi connectivity index (χ2v) is 5.02. The van der Waals surface area contributed by atoms with Crippen molar-refractivity contribution in [2.75, 3.05) is 6.61 Å². The van der Waals surface area contributed by atoms with Crippen molar-refractivity contribution in [2.45, 2.75) is 44.9 Å². The average molecular weight is 231 g/mol. The number of hydrogen-bond acceptors (Lipinski definition) is 3. The molecule has 0 spiro atoms. The number of carbonyl (C=O) groups is 1. The summed E-state index contributed by atoms with van der Waals surface area (Å²) in [6, 6.07) is 2.03. The first-order valence-corrected chi connectivity index (χ1v) is 6.39. The summed E-state index contributed by atoms with van der Waals surface area (Å²) in [5, 5.41) is 0. The molecule has 2 aliphatic rings.